The quantitative estimate of drug-likeness (QED) is 0.534. The molecule has 1 fully saturated rings. The second kappa shape index (κ2) is 10.7. The molecule has 120 valence electrons. The molecule has 20 heavy (non-hydrogen) atoms. The Morgan fingerprint density at radius 3 is 2.20 bits per heavy atom. The summed E-state index contributed by atoms with van der Waals surface area (Å²) in [5, 5.41) is 3.83. The van der Waals surface area contributed by atoms with E-state index in [-0.39, 0.29) is 0 Å². The van der Waals surface area contributed by atoms with Crippen molar-refractivity contribution in [3.05, 3.63) is 0 Å². The van der Waals surface area contributed by atoms with Gasteiger partial charge in [-0.05, 0) is 43.6 Å². The van der Waals surface area contributed by atoms with E-state index in [1.807, 2.05) is 0 Å². The number of hydrogen-bond acceptors (Lipinski definition) is 1. The molecule has 0 radical (unpaired) electrons. The average Bonchev–Trinajstić information content (AvgIpc) is 2.50. The lowest BCUT2D eigenvalue weighted by atomic mass is 9.75. The Labute approximate surface area is 128 Å². The second-order valence-corrected chi connectivity index (χ2v) is 7.01. The monoisotopic (exact) mass is 281 g/mol. The second-order valence-electron chi connectivity index (χ2n) is 7.01. The molecule has 0 aliphatic heterocycles. The number of rotatable bonds is 10. The molecule has 1 N–H and O–H groups in total. The van der Waals surface area contributed by atoms with Crippen LogP contribution >= 0.6 is 0 Å². The van der Waals surface area contributed by atoms with E-state index in [0.717, 1.165) is 30.3 Å². The summed E-state index contributed by atoms with van der Waals surface area (Å²) >= 11 is 0. The van der Waals surface area contributed by atoms with Crippen molar-refractivity contribution >= 4 is 0 Å². The lowest BCUT2D eigenvalue weighted by Gasteiger charge is -2.36. The van der Waals surface area contributed by atoms with Gasteiger partial charge in [0, 0.05) is 6.04 Å². The van der Waals surface area contributed by atoms with Gasteiger partial charge in [0.2, 0.25) is 0 Å². The third-order valence-corrected chi connectivity index (χ3v) is 5.63. The third kappa shape index (κ3) is 6.16. The molecule has 1 heteroatoms. The van der Waals surface area contributed by atoms with Gasteiger partial charge in [-0.3, -0.25) is 0 Å². The van der Waals surface area contributed by atoms with E-state index in [0.29, 0.717) is 0 Å². The fourth-order valence-corrected chi connectivity index (χ4v) is 4.04. The van der Waals surface area contributed by atoms with E-state index in [4.69, 9.17) is 0 Å². The van der Waals surface area contributed by atoms with E-state index < -0.39 is 0 Å². The summed E-state index contributed by atoms with van der Waals surface area (Å²) in [6, 6.07) is 0.791. The Hall–Kier alpha value is -0.0400. The normalized spacial score (nSPS) is 26.4. The fraction of sp³-hybridized carbons (Fsp3) is 1.00. The molecule has 0 aromatic carbocycles. The molecule has 1 aliphatic rings. The molecule has 1 saturated carbocycles. The maximum absolute atomic E-state index is 3.83. The van der Waals surface area contributed by atoms with Crippen molar-refractivity contribution in [1.82, 2.24) is 5.32 Å². The van der Waals surface area contributed by atoms with Gasteiger partial charge in [-0.2, -0.15) is 0 Å². The van der Waals surface area contributed by atoms with Crippen LogP contribution in [-0.2, 0) is 0 Å². The van der Waals surface area contributed by atoms with E-state index in [2.05, 4.69) is 33.0 Å². The van der Waals surface area contributed by atoms with Gasteiger partial charge in [-0.15, -0.1) is 0 Å². The van der Waals surface area contributed by atoms with Crippen molar-refractivity contribution in [2.45, 2.75) is 97.9 Å². The third-order valence-electron chi connectivity index (χ3n) is 5.63. The molecular formula is C19H39N. The van der Waals surface area contributed by atoms with Gasteiger partial charge in [0.15, 0.2) is 0 Å². The van der Waals surface area contributed by atoms with Crippen molar-refractivity contribution in [3.63, 3.8) is 0 Å². The minimum atomic E-state index is 0.791. The Bertz CT molecular complexity index is 218. The van der Waals surface area contributed by atoms with Gasteiger partial charge in [-0.1, -0.05) is 72.6 Å². The van der Waals surface area contributed by atoms with Crippen LogP contribution in [0.5, 0.6) is 0 Å². The number of hydrogen-bond donors (Lipinski definition) is 1. The van der Waals surface area contributed by atoms with Crippen LogP contribution < -0.4 is 5.32 Å². The average molecular weight is 282 g/mol. The maximum Gasteiger partial charge on any atom is 0.00978 e. The van der Waals surface area contributed by atoms with Crippen LogP contribution in [0, 0.1) is 17.8 Å². The predicted octanol–water partition coefficient (Wildman–Crippen LogP) is 5.79. The summed E-state index contributed by atoms with van der Waals surface area (Å²) in [7, 11) is 0. The highest BCUT2D eigenvalue weighted by atomic mass is 14.9. The molecular weight excluding hydrogens is 242 g/mol. The smallest absolute Gasteiger partial charge is 0.00978 e. The predicted molar refractivity (Wildman–Crippen MR) is 91.1 cm³/mol. The van der Waals surface area contributed by atoms with E-state index >= 15 is 0 Å². The highest BCUT2D eigenvalue weighted by Gasteiger charge is 2.27. The summed E-state index contributed by atoms with van der Waals surface area (Å²) in [5.74, 6) is 2.92. The summed E-state index contributed by atoms with van der Waals surface area (Å²) in [4.78, 5) is 0. The molecule has 0 amide bonds. The highest BCUT2D eigenvalue weighted by molar-refractivity contribution is 4.83. The molecule has 2 atom stereocenters. The Morgan fingerprint density at radius 2 is 1.70 bits per heavy atom. The molecule has 0 aromatic rings. The van der Waals surface area contributed by atoms with E-state index in [9.17, 15) is 0 Å². The van der Waals surface area contributed by atoms with Crippen molar-refractivity contribution in [2.24, 2.45) is 17.8 Å². The Kier molecular flexibility index (Phi) is 9.59. The summed E-state index contributed by atoms with van der Waals surface area (Å²) < 4.78 is 0. The summed E-state index contributed by atoms with van der Waals surface area (Å²) in [6.45, 7) is 10.5. The molecule has 0 heterocycles. The molecule has 0 saturated heterocycles. The minimum Gasteiger partial charge on any atom is -0.314 e. The van der Waals surface area contributed by atoms with Crippen LogP contribution in [0.4, 0.5) is 0 Å². The zero-order valence-electron chi connectivity index (χ0n) is 14.6. The SMILES string of the molecule is CCCCC(CC)CC(NCC)C1CCC(CC)CC1. The van der Waals surface area contributed by atoms with Gasteiger partial charge >= 0.3 is 0 Å². The maximum atomic E-state index is 3.83. The topological polar surface area (TPSA) is 12.0 Å². The van der Waals surface area contributed by atoms with E-state index in [1.54, 1.807) is 0 Å². The first-order valence-corrected chi connectivity index (χ1v) is 9.48. The van der Waals surface area contributed by atoms with Gasteiger partial charge in [0.25, 0.3) is 0 Å². The van der Waals surface area contributed by atoms with Gasteiger partial charge in [0.05, 0.1) is 0 Å². The molecule has 0 aromatic heterocycles. The summed E-state index contributed by atoms with van der Waals surface area (Å²) in [6.07, 6.45) is 14.3. The van der Waals surface area contributed by atoms with Gasteiger partial charge in [0.1, 0.15) is 0 Å². The van der Waals surface area contributed by atoms with Crippen molar-refractivity contribution in [1.29, 1.82) is 0 Å². The van der Waals surface area contributed by atoms with Crippen LogP contribution in [0.15, 0.2) is 0 Å². The summed E-state index contributed by atoms with van der Waals surface area (Å²) in [5.41, 5.74) is 0. The van der Waals surface area contributed by atoms with Crippen LogP contribution in [0.25, 0.3) is 0 Å². The Balaban J connectivity index is 2.46. The zero-order chi connectivity index (χ0) is 14.8. The van der Waals surface area contributed by atoms with Crippen LogP contribution in [0.3, 0.4) is 0 Å². The fourth-order valence-electron chi connectivity index (χ4n) is 4.04. The Morgan fingerprint density at radius 1 is 1.00 bits per heavy atom. The standard InChI is InChI=1S/C19H39N/c1-5-9-10-17(7-3)15-19(20-8-4)18-13-11-16(6-2)12-14-18/h16-20H,5-15H2,1-4H3. The first-order valence-electron chi connectivity index (χ1n) is 9.48. The number of unbranched alkanes of at least 4 members (excludes halogenated alkanes) is 1. The van der Waals surface area contributed by atoms with Crippen molar-refractivity contribution in [3.8, 4) is 0 Å². The molecule has 1 rings (SSSR count). The molecule has 0 spiro atoms. The minimum absolute atomic E-state index is 0.791. The first-order chi connectivity index (χ1) is 9.74. The van der Waals surface area contributed by atoms with Crippen LogP contribution in [0.2, 0.25) is 0 Å². The van der Waals surface area contributed by atoms with Crippen molar-refractivity contribution in [2.75, 3.05) is 6.54 Å². The zero-order valence-corrected chi connectivity index (χ0v) is 14.6. The van der Waals surface area contributed by atoms with Crippen molar-refractivity contribution < 1.29 is 0 Å². The van der Waals surface area contributed by atoms with E-state index in [1.165, 1.54) is 64.2 Å². The van der Waals surface area contributed by atoms with Gasteiger partial charge in [-0.25, -0.2) is 0 Å². The largest absolute Gasteiger partial charge is 0.314 e. The number of nitrogens with one attached hydrogen (secondary N) is 1. The lowest BCUT2D eigenvalue weighted by molar-refractivity contribution is 0.193. The van der Waals surface area contributed by atoms with Gasteiger partial charge < -0.3 is 5.32 Å². The molecule has 2 unspecified atom stereocenters. The van der Waals surface area contributed by atoms with Crippen LogP contribution in [0.1, 0.15) is 91.9 Å². The highest BCUT2D eigenvalue weighted by Crippen LogP contribution is 2.35. The first kappa shape index (κ1) is 18.0. The lowest BCUT2D eigenvalue weighted by Crippen LogP contribution is -2.39. The molecule has 1 nitrogen and oxygen atoms in total. The molecule has 0 bridgehead atoms. The van der Waals surface area contributed by atoms with Crippen LogP contribution in [-0.4, -0.2) is 12.6 Å². The molecule has 1 aliphatic carbocycles.